The molecule has 2 aromatic rings. The molecular weight excluding hydrogens is 479 g/mol. The molecule has 3 fully saturated rings. The summed E-state index contributed by atoms with van der Waals surface area (Å²) in [5, 5.41) is 35.4. The monoisotopic (exact) mass is 508 g/mol. The van der Waals surface area contributed by atoms with Crippen LogP contribution < -0.4 is 5.32 Å². The molecule has 1 saturated heterocycles. The predicted molar refractivity (Wildman–Crippen MR) is 123 cm³/mol. The molecular formula is C22H29N4O8P. The van der Waals surface area contributed by atoms with Gasteiger partial charge in [0.05, 0.1) is 12.0 Å². The third-order valence-electron chi connectivity index (χ3n) is 6.55. The fourth-order valence-corrected chi connectivity index (χ4v) is 4.81. The van der Waals surface area contributed by atoms with Crippen LogP contribution in [0.1, 0.15) is 50.6 Å². The third-order valence-corrected chi connectivity index (χ3v) is 7.07. The Balaban J connectivity index is 1.44. The van der Waals surface area contributed by atoms with Gasteiger partial charge in [-0.25, -0.2) is 9.97 Å². The van der Waals surface area contributed by atoms with Gasteiger partial charge in [-0.1, -0.05) is 18.8 Å². The fourth-order valence-electron chi connectivity index (χ4n) is 4.47. The maximum absolute atomic E-state index is 11.0. The highest BCUT2D eigenvalue weighted by atomic mass is 31.2. The van der Waals surface area contributed by atoms with Crippen molar-refractivity contribution in [1.82, 2.24) is 14.5 Å². The van der Waals surface area contributed by atoms with E-state index >= 15 is 0 Å². The van der Waals surface area contributed by atoms with Gasteiger partial charge in [-0.2, -0.15) is 0 Å². The largest absolute Gasteiger partial charge is 0.387 e. The van der Waals surface area contributed by atoms with Crippen LogP contribution in [-0.2, 0) is 14.0 Å². The molecule has 0 radical (unpaired) electrons. The normalized spacial score (nSPS) is 28.3. The van der Waals surface area contributed by atoms with Gasteiger partial charge in [0.1, 0.15) is 41.7 Å². The van der Waals surface area contributed by atoms with Gasteiger partial charge in [-0.05, 0) is 37.7 Å². The Labute approximate surface area is 201 Å². The average molecular weight is 508 g/mol. The van der Waals surface area contributed by atoms with Crippen LogP contribution in [0.5, 0.6) is 0 Å². The molecule has 3 heterocycles. The lowest BCUT2D eigenvalue weighted by molar-refractivity contribution is -0.0610. The zero-order valence-electron chi connectivity index (χ0n) is 18.9. The maximum Gasteiger partial charge on any atom is 0.350 e. The van der Waals surface area contributed by atoms with Crippen molar-refractivity contribution in [2.24, 2.45) is 0 Å². The number of rotatable bonds is 7. The van der Waals surface area contributed by atoms with Gasteiger partial charge in [0.15, 0.2) is 6.23 Å². The molecule has 0 amide bonds. The van der Waals surface area contributed by atoms with E-state index in [1.54, 1.807) is 16.8 Å². The summed E-state index contributed by atoms with van der Waals surface area (Å²) in [5.41, 5.74) is -0.560. The number of hydrogen-bond donors (Lipinski definition) is 6. The standard InChI is InChI=1S/C22H29N4O8P/c27-17-15(11-33-12-35(30,31)32)34-21(18(17)28)26-10-6-14-19(23-13-3-1-2-4-13)24-16(25-20(14)26)5-7-22(29)8-9-22/h6,10,13,15,17-18,21,27-29H,1-4,8-9,11-12H2,(H,23,24,25)(H2,30,31,32)/t15?,17-,18-,21-/m1/s1. The first-order chi connectivity index (χ1) is 16.6. The third kappa shape index (κ3) is 5.53. The molecule has 35 heavy (non-hydrogen) atoms. The molecule has 12 nitrogen and oxygen atoms in total. The molecule has 13 heteroatoms. The topological polar surface area (TPSA) is 179 Å². The van der Waals surface area contributed by atoms with Crippen molar-refractivity contribution in [3.63, 3.8) is 0 Å². The Bertz CT molecular complexity index is 1190. The number of aliphatic hydroxyl groups excluding tert-OH is 2. The van der Waals surface area contributed by atoms with E-state index in [0.717, 1.165) is 25.7 Å². The van der Waals surface area contributed by atoms with Gasteiger partial charge in [-0.15, -0.1) is 0 Å². The van der Waals surface area contributed by atoms with Crippen molar-refractivity contribution in [3.05, 3.63) is 18.1 Å². The van der Waals surface area contributed by atoms with Gasteiger partial charge in [-0.3, -0.25) is 4.57 Å². The Morgan fingerprint density at radius 2 is 1.97 bits per heavy atom. The molecule has 0 bridgehead atoms. The predicted octanol–water partition coefficient (Wildman–Crippen LogP) is 0.433. The average Bonchev–Trinajstić information content (AvgIpc) is 3.13. The lowest BCUT2D eigenvalue weighted by Crippen LogP contribution is -2.33. The number of hydrogen-bond acceptors (Lipinski definition) is 9. The minimum absolute atomic E-state index is 0.216. The Morgan fingerprint density at radius 1 is 1.23 bits per heavy atom. The van der Waals surface area contributed by atoms with Crippen molar-refractivity contribution in [1.29, 1.82) is 0 Å². The van der Waals surface area contributed by atoms with Gasteiger partial charge in [0.25, 0.3) is 0 Å². The number of ether oxygens (including phenoxy) is 2. The minimum Gasteiger partial charge on any atom is -0.387 e. The van der Waals surface area contributed by atoms with Crippen LogP contribution in [0.2, 0.25) is 0 Å². The second-order valence-electron chi connectivity index (χ2n) is 9.47. The summed E-state index contributed by atoms with van der Waals surface area (Å²) in [6.07, 6.45) is 1.71. The van der Waals surface area contributed by atoms with E-state index in [2.05, 4.69) is 27.1 Å². The van der Waals surface area contributed by atoms with Crippen LogP contribution in [-0.4, -0.2) is 82.6 Å². The molecule has 190 valence electrons. The van der Waals surface area contributed by atoms with Gasteiger partial charge in [0.2, 0.25) is 5.82 Å². The first-order valence-electron chi connectivity index (χ1n) is 11.7. The highest BCUT2D eigenvalue weighted by molar-refractivity contribution is 7.51. The van der Waals surface area contributed by atoms with Crippen molar-refractivity contribution < 1.29 is 39.1 Å². The summed E-state index contributed by atoms with van der Waals surface area (Å²) in [7, 11) is -4.37. The first-order valence-corrected chi connectivity index (χ1v) is 13.5. The van der Waals surface area contributed by atoms with Crippen LogP contribution in [0.25, 0.3) is 11.0 Å². The number of nitrogens with zero attached hydrogens (tertiary/aromatic N) is 3. The highest BCUT2D eigenvalue weighted by Crippen LogP contribution is 2.37. The summed E-state index contributed by atoms with van der Waals surface area (Å²) in [5.74, 6) is 6.49. The van der Waals surface area contributed by atoms with E-state index in [-0.39, 0.29) is 18.5 Å². The summed E-state index contributed by atoms with van der Waals surface area (Å²) >= 11 is 0. The summed E-state index contributed by atoms with van der Waals surface area (Å²) in [6, 6.07) is 2.06. The maximum atomic E-state index is 11.0. The van der Waals surface area contributed by atoms with Crippen LogP contribution >= 0.6 is 7.60 Å². The molecule has 6 N–H and O–H groups in total. The zero-order chi connectivity index (χ0) is 24.8. The fraction of sp³-hybridized carbons (Fsp3) is 0.636. The number of fused-ring (bicyclic) bond motifs is 1. The molecule has 2 saturated carbocycles. The van der Waals surface area contributed by atoms with Crippen molar-refractivity contribution in [2.45, 2.75) is 74.7 Å². The van der Waals surface area contributed by atoms with E-state index in [1.807, 2.05) is 0 Å². The van der Waals surface area contributed by atoms with Gasteiger partial charge < -0.3 is 44.5 Å². The number of aliphatic hydroxyl groups is 3. The molecule has 3 aliphatic rings. The zero-order valence-corrected chi connectivity index (χ0v) is 19.8. The molecule has 1 unspecified atom stereocenters. The van der Waals surface area contributed by atoms with Crippen LogP contribution in [0.3, 0.4) is 0 Å². The second-order valence-corrected chi connectivity index (χ2v) is 11.1. The van der Waals surface area contributed by atoms with Crippen molar-refractivity contribution in [2.75, 3.05) is 18.3 Å². The van der Waals surface area contributed by atoms with Gasteiger partial charge in [0, 0.05) is 12.2 Å². The summed E-state index contributed by atoms with van der Waals surface area (Å²) < 4.78 is 23.4. The Kier molecular flexibility index (Phi) is 6.63. The summed E-state index contributed by atoms with van der Waals surface area (Å²) in [6.45, 7) is -0.308. The molecule has 0 aromatic carbocycles. The van der Waals surface area contributed by atoms with Crippen LogP contribution in [0, 0.1) is 11.8 Å². The number of nitrogens with one attached hydrogen (secondary N) is 1. The van der Waals surface area contributed by atoms with E-state index in [4.69, 9.17) is 19.3 Å². The summed E-state index contributed by atoms with van der Waals surface area (Å²) in [4.78, 5) is 27.1. The van der Waals surface area contributed by atoms with Crippen LogP contribution in [0.15, 0.2) is 12.3 Å². The molecule has 5 rings (SSSR count). The number of anilines is 1. The second kappa shape index (κ2) is 9.42. The van der Waals surface area contributed by atoms with E-state index in [1.165, 1.54) is 0 Å². The minimum atomic E-state index is -4.37. The molecule has 4 atom stereocenters. The number of aromatic nitrogens is 3. The van der Waals surface area contributed by atoms with Crippen molar-refractivity contribution >= 4 is 24.4 Å². The van der Waals surface area contributed by atoms with Crippen LogP contribution in [0.4, 0.5) is 5.82 Å². The molecule has 2 aliphatic carbocycles. The molecule has 1 aliphatic heterocycles. The Morgan fingerprint density at radius 3 is 2.66 bits per heavy atom. The molecule has 0 spiro atoms. The van der Waals surface area contributed by atoms with E-state index in [0.29, 0.717) is 29.7 Å². The van der Waals surface area contributed by atoms with Gasteiger partial charge >= 0.3 is 7.60 Å². The SMILES string of the molecule is O=P(O)(O)COCC1O[C@@H](n2ccc3c(NC4CCCC4)nc(C#CC4(O)CC4)nc32)[C@H](O)[C@@H]1O. The quantitative estimate of drug-likeness (QED) is 0.226. The first kappa shape index (κ1) is 24.6. The van der Waals surface area contributed by atoms with E-state index in [9.17, 15) is 19.9 Å². The smallest absolute Gasteiger partial charge is 0.350 e. The lowest BCUT2D eigenvalue weighted by Gasteiger charge is -2.18. The lowest BCUT2D eigenvalue weighted by atomic mass is 10.1. The van der Waals surface area contributed by atoms with Crippen molar-refractivity contribution in [3.8, 4) is 11.8 Å². The molecule has 2 aromatic heterocycles. The van der Waals surface area contributed by atoms with E-state index < -0.39 is 44.1 Å². The Hall–Kier alpha value is -2.07. The highest BCUT2D eigenvalue weighted by Gasteiger charge is 2.44.